The fraction of sp³-hybridized carbons (Fsp3) is 0.500. The van der Waals surface area contributed by atoms with Gasteiger partial charge in [0.25, 0.3) is 0 Å². The average Bonchev–Trinajstić information content (AvgIpc) is 2.72. The molecule has 1 aliphatic carbocycles. The first-order valence-corrected chi connectivity index (χ1v) is 5.44. The topological polar surface area (TPSA) is 26.0 Å². The monoisotopic (exact) mass is 221 g/mol. The molecular formula is C8H9Cl2NS. The first kappa shape index (κ1) is 8.82. The Hall–Kier alpha value is 0.240. The number of thiophene rings is 1. The standard InChI is InChI=1S/C8H9Cl2NS/c9-7-2-6(8(10)12-7)5-1-4(5)3-11/h2,4-5H,1,3,11H2. The van der Waals surface area contributed by atoms with E-state index in [9.17, 15) is 0 Å². The van der Waals surface area contributed by atoms with E-state index in [1.807, 2.05) is 6.07 Å². The first-order valence-electron chi connectivity index (χ1n) is 3.87. The third-order valence-electron chi connectivity index (χ3n) is 2.31. The van der Waals surface area contributed by atoms with Crippen LogP contribution in [0.15, 0.2) is 6.07 Å². The molecule has 4 heteroatoms. The molecule has 0 saturated heterocycles. The van der Waals surface area contributed by atoms with Crippen molar-refractivity contribution >= 4 is 34.5 Å². The van der Waals surface area contributed by atoms with E-state index in [-0.39, 0.29) is 0 Å². The molecule has 1 saturated carbocycles. The van der Waals surface area contributed by atoms with Crippen LogP contribution in [0, 0.1) is 5.92 Å². The summed E-state index contributed by atoms with van der Waals surface area (Å²) in [4.78, 5) is 0. The minimum Gasteiger partial charge on any atom is -0.330 e. The predicted octanol–water partition coefficient (Wildman–Crippen LogP) is 3.12. The van der Waals surface area contributed by atoms with E-state index in [0.717, 1.165) is 15.2 Å². The van der Waals surface area contributed by atoms with Crippen LogP contribution in [0.5, 0.6) is 0 Å². The van der Waals surface area contributed by atoms with Gasteiger partial charge in [0.1, 0.15) is 0 Å². The van der Waals surface area contributed by atoms with Crippen LogP contribution in [0.1, 0.15) is 17.9 Å². The third-order valence-corrected chi connectivity index (χ3v) is 3.83. The minimum absolute atomic E-state index is 0.575. The SMILES string of the molecule is NCC1CC1c1cc(Cl)sc1Cl. The molecule has 1 nitrogen and oxygen atoms in total. The summed E-state index contributed by atoms with van der Waals surface area (Å²) < 4.78 is 1.61. The second-order valence-corrected chi connectivity index (χ2v) is 5.40. The molecule has 0 aliphatic heterocycles. The van der Waals surface area contributed by atoms with Crippen molar-refractivity contribution < 1.29 is 0 Å². The van der Waals surface area contributed by atoms with E-state index in [4.69, 9.17) is 28.9 Å². The van der Waals surface area contributed by atoms with Crippen LogP contribution >= 0.6 is 34.5 Å². The maximum atomic E-state index is 6.00. The maximum absolute atomic E-state index is 6.00. The third kappa shape index (κ3) is 1.49. The second kappa shape index (κ2) is 3.18. The summed E-state index contributed by atoms with van der Waals surface area (Å²) in [6.07, 6.45) is 1.17. The lowest BCUT2D eigenvalue weighted by atomic mass is 10.2. The van der Waals surface area contributed by atoms with Gasteiger partial charge in [0, 0.05) is 0 Å². The Kier molecular flexibility index (Phi) is 2.34. The average molecular weight is 222 g/mol. The summed E-state index contributed by atoms with van der Waals surface area (Å²) in [5.41, 5.74) is 6.74. The van der Waals surface area contributed by atoms with E-state index in [2.05, 4.69) is 0 Å². The molecule has 2 unspecified atom stereocenters. The van der Waals surface area contributed by atoms with Crippen molar-refractivity contribution in [2.45, 2.75) is 12.3 Å². The van der Waals surface area contributed by atoms with Crippen molar-refractivity contribution in [3.05, 3.63) is 20.3 Å². The molecule has 1 heterocycles. The lowest BCUT2D eigenvalue weighted by Gasteiger charge is -1.93. The van der Waals surface area contributed by atoms with Crippen LogP contribution < -0.4 is 5.73 Å². The highest BCUT2D eigenvalue weighted by Gasteiger charge is 2.38. The van der Waals surface area contributed by atoms with Crippen molar-refractivity contribution in [1.82, 2.24) is 0 Å². The summed E-state index contributed by atoms with van der Waals surface area (Å²) in [5.74, 6) is 1.21. The molecule has 2 rings (SSSR count). The van der Waals surface area contributed by atoms with Gasteiger partial charge in [-0.3, -0.25) is 0 Å². The molecular weight excluding hydrogens is 213 g/mol. The normalized spacial score (nSPS) is 27.6. The molecule has 1 aromatic heterocycles. The molecule has 1 fully saturated rings. The van der Waals surface area contributed by atoms with E-state index in [1.54, 1.807) is 0 Å². The highest BCUT2D eigenvalue weighted by atomic mass is 35.5. The molecule has 2 atom stereocenters. The fourth-order valence-corrected chi connectivity index (χ4v) is 3.09. The van der Waals surface area contributed by atoms with Crippen LogP contribution in [-0.2, 0) is 0 Å². The summed E-state index contributed by atoms with van der Waals surface area (Å²) in [6, 6.07) is 1.97. The Morgan fingerprint density at radius 3 is 2.75 bits per heavy atom. The van der Waals surface area contributed by atoms with Crippen LogP contribution in [0.25, 0.3) is 0 Å². The van der Waals surface area contributed by atoms with Gasteiger partial charge in [-0.2, -0.15) is 0 Å². The van der Waals surface area contributed by atoms with Crippen LogP contribution in [-0.4, -0.2) is 6.54 Å². The minimum atomic E-state index is 0.575. The Morgan fingerprint density at radius 1 is 1.58 bits per heavy atom. The highest BCUT2D eigenvalue weighted by molar-refractivity contribution is 7.20. The lowest BCUT2D eigenvalue weighted by molar-refractivity contribution is 0.811. The van der Waals surface area contributed by atoms with Gasteiger partial charge in [-0.05, 0) is 36.4 Å². The van der Waals surface area contributed by atoms with Crippen molar-refractivity contribution in [1.29, 1.82) is 0 Å². The zero-order valence-corrected chi connectivity index (χ0v) is 8.72. The Morgan fingerprint density at radius 2 is 2.33 bits per heavy atom. The van der Waals surface area contributed by atoms with Gasteiger partial charge >= 0.3 is 0 Å². The maximum Gasteiger partial charge on any atom is 0.0979 e. The van der Waals surface area contributed by atoms with Crippen LogP contribution in [0.3, 0.4) is 0 Å². The Bertz CT molecular complexity index is 297. The van der Waals surface area contributed by atoms with E-state index in [0.29, 0.717) is 11.8 Å². The van der Waals surface area contributed by atoms with Gasteiger partial charge in [-0.25, -0.2) is 0 Å². The van der Waals surface area contributed by atoms with Crippen molar-refractivity contribution in [3.8, 4) is 0 Å². The lowest BCUT2D eigenvalue weighted by Crippen LogP contribution is -2.01. The Balaban J connectivity index is 2.19. The number of halogens is 2. The number of hydrogen-bond acceptors (Lipinski definition) is 2. The smallest absolute Gasteiger partial charge is 0.0979 e. The van der Waals surface area contributed by atoms with Crippen LogP contribution in [0.4, 0.5) is 0 Å². The van der Waals surface area contributed by atoms with Crippen molar-refractivity contribution in [2.75, 3.05) is 6.54 Å². The molecule has 66 valence electrons. The van der Waals surface area contributed by atoms with Gasteiger partial charge in [0.15, 0.2) is 0 Å². The van der Waals surface area contributed by atoms with E-state index in [1.165, 1.54) is 23.3 Å². The number of nitrogens with two attached hydrogens (primary N) is 1. The summed E-state index contributed by atoms with van der Waals surface area (Å²) in [6.45, 7) is 0.758. The Labute approximate surface area is 85.5 Å². The number of hydrogen-bond donors (Lipinski definition) is 1. The summed E-state index contributed by atoms with van der Waals surface area (Å²) in [5, 5.41) is 0. The number of rotatable bonds is 2. The van der Waals surface area contributed by atoms with Gasteiger partial charge in [0.2, 0.25) is 0 Å². The van der Waals surface area contributed by atoms with Gasteiger partial charge in [-0.1, -0.05) is 23.2 Å². The molecule has 1 aromatic rings. The van der Waals surface area contributed by atoms with Gasteiger partial charge in [0.05, 0.1) is 8.67 Å². The first-order chi connectivity index (χ1) is 5.72. The zero-order valence-electron chi connectivity index (χ0n) is 6.39. The zero-order chi connectivity index (χ0) is 8.72. The molecule has 0 radical (unpaired) electrons. The molecule has 0 aromatic carbocycles. The molecule has 0 bridgehead atoms. The highest BCUT2D eigenvalue weighted by Crippen LogP contribution is 2.51. The van der Waals surface area contributed by atoms with E-state index < -0.39 is 0 Å². The molecule has 1 aliphatic rings. The van der Waals surface area contributed by atoms with Crippen molar-refractivity contribution in [3.63, 3.8) is 0 Å². The summed E-state index contributed by atoms with van der Waals surface area (Å²) in [7, 11) is 0. The predicted molar refractivity (Wildman–Crippen MR) is 54.2 cm³/mol. The van der Waals surface area contributed by atoms with Gasteiger partial charge in [-0.15, -0.1) is 11.3 Å². The molecule has 2 N–H and O–H groups in total. The quantitative estimate of drug-likeness (QED) is 0.817. The largest absolute Gasteiger partial charge is 0.330 e. The fourth-order valence-electron chi connectivity index (χ4n) is 1.49. The molecule has 0 spiro atoms. The molecule has 12 heavy (non-hydrogen) atoms. The summed E-state index contributed by atoms with van der Waals surface area (Å²) >= 11 is 13.3. The molecule has 0 amide bonds. The van der Waals surface area contributed by atoms with Crippen LogP contribution in [0.2, 0.25) is 8.67 Å². The van der Waals surface area contributed by atoms with Crippen molar-refractivity contribution in [2.24, 2.45) is 11.7 Å². The van der Waals surface area contributed by atoms with Gasteiger partial charge < -0.3 is 5.73 Å². The van der Waals surface area contributed by atoms with E-state index >= 15 is 0 Å². The second-order valence-electron chi connectivity index (χ2n) is 3.12.